The average molecular weight is 244 g/mol. The van der Waals surface area contributed by atoms with Gasteiger partial charge in [-0.2, -0.15) is 0 Å². The fourth-order valence-electron chi connectivity index (χ4n) is 2.34. The first-order valence-corrected chi connectivity index (χ1v) is 6.72. The van der Waals surface area contributed by atoms with E-state index in [-0.39, 0.29) is 5.82 Å². The number of thioether (sulfide) groups is 1. The van der Waals surface area contributed by atoms with E-state index >= 15 is 0 Å². The van der Waals surface area contributed by atoms with Gasteiger partial charge in [0.25, 0.3) is 0 Å². The van der Waals surface area contributed by atoms with Crippen LogP contribution in [-0.2, 0) is 12.2 Å². The predicted octanol–water partition coefficient (Wildman–Crippen LogP) is 4.33. The molecule has 2 aromatic carbocycles. The molecule has 0 radical (unpaired) electrons. The molecular weight excluding hydrogens is 231 g/mol. The topological polar surface area (TPSA) is 0 Å². The normalized spacial score (nSPS) is 13.8. The largest absolute Gasteiger partial charge is 0.207 e. The van der Waals surface area contributed by atoms with Crippen LogP contribution in [0.2, 0.25) is 0 Å². The summed E-state index contributed by atoms with van der Waals surface area (Å²) in [6, 6.07) is 11.8. The van der Waals surface area contributed by atoms with Crippen LogP contribution in [0.5, 0.6) is 0 Å². The van der Waals surface area contributed by atoms with Crippen molar-refractivity contribution < 1.29 is 4.39 Å². The van der Waals surface area contributed by atoms with E-state index in [9.17, 15) is 4.39 Å². The molecule has 2 aromatic rings. The number of rotatable bonds is 0. The monoisotopic (exact) mass is 244 g/mol. The van der Waals surface area contributed by atoms with E-state index in [1.54, 1.807) is 23.9 Å². The molecule has 3 rings (SSSR count). The molecule has 1 heterocycles. The number of benzene rings is 2. The highest BCUT2D eigenvalue weighted by molar-refractivity contribution is 7.98. The molecule has 0 saturated heterocycles. The summed E-state index contributed by atoms with van der Waals surface area (Å²) in [6.45, 7) is 2.12. The number of hydrogen-bond donors (Lipinski definition) is 0. The molecular formula is C15H13FS. The molecule has 0 bridgehead atoms. The van der Waals surface area contributed by atoms with Crippen LogP contribution < -0.4 is 0 Å². The maximum atomic E-state index is 13.8. The fourth-order valence-corrected chi connectivity index (χ4v) is 3.57. The van der Waals surface area contributed by atoms with Crippen LogP contribution in [0.1, 0.15) is 22.3 Å². The van der Waals surface area contributed by atoms with E-state index in [2.05, 4.69) is 25.1 Å². The Balaban J connectivity index is 2.14. The molecule has 17 heavy (non-hydrogen) atoms. The lowest BCUT2D eigenvalue weighted by molar-refractivity contribution is 0.615. The van der Waals surface area contributed by atoms with Gasteiger partial charge in [0.05, 0.1) is 0 Å². The van der Waals surface area contributed by atoms with E-state index in [4.69, 9.17) is 0 Å². The summed E-state index contributed by atoms with van der Waals surface area (Å²) in [6.07, 6.45) is 0.844. The van der Waals surface area contributed by atoms with Gasteiger partial charge in [0.1, 0.15) is 5.82 Å². The molecule has 0 aromatic heterocycles. The van der Waals surface area contributed by atoms with Crippen molar-refractivity contribution in [2.24, 2.45) is 0 Å². The number of hydrogen-bond acceptors (Lipinski definition) is 1. The summed E-state index contributed by atoms with van der Waals surface area (Å²) >= 11 is 1.75. The fraction of sp³-hybridized carbons (Fsp3) is 0.200. The van der Waals surface area contributed by atoms with Gasteiger partial charge in [0.15, 0.2) is 0 Å². The summed E-state index contributed by atoms with van der Waals surface area (Å²) in [5.41, 5.74) is 4.61. The smallest absolute Gasteiger partial charge is 0.127 e. The van der Waals surface area contributed by atoms with Crippen LogP contribution in [0.15, 0.2) is 41.3 Å². The quantitative estimate of drug-likeness (QED) is 0.664. The second-order valence-corrected chi connectivity index (χ2v) is 5.39. The van der Waals surface area contributed by atoms with Crippen molar-refractivity contribution >= 4 is 11.8 Å². The first-order valence-electron chi connectivity index (χ1n) is 5.73. The highest BCUT2D eigenvalue weighted by Crippen LogP contribution is 2.36. The van der Waals surface area contributed by atoms with Crippen LogP contribution in [-0.4, -0.2) is 0 Å². The van der Waals surface area contributed by atoms with Crippen molar-refractivity contribution in [1.29, 1.82) is 0 Å². The molecule has 0 aliphatic carbocycles. The molecule has 86 valence electrons. The molecule has 2 heteroatoms. The van der Waals surface area contributed by atoms with Gasteiger partial charge in [-0.3, -0.25) is 0 Å². The zero-order valence-corrected chi connectivity index (χ0v) is 10.5. The van der Waals surface area contributed by atoms with Crippen LogP contribution in [0.4, 0.5) is 4.39 Å². The highest BCUT2D eigenvalue weighted by Gasteiger charge is 2.17. The minimum absolute atomic E-state index is 0.0690. The van der Waals surface area contributed by atoms with Gasteiger partial charge >= 0.3 is 0 Å². The molecule has 1 aliphatic heterocycles. The van der Waals surface area contributed by atoms with E-state index < -0.39 is 0 Å². The maximum Gasteiger partial charge on any atom is 0.127 e. The lowest BCUT2D eigenvalue weighted by atomic mass is 9.99. The van der Waals surface area contributed by atoms with Crippen molar-refractivity contribution in [2.75, 3.05) is 0 Å². The molecule has 0 N–H and O–H groups in total. The molecule has 0 unspecified atom stereocenters. The van der Waals surface area contributed by atoms with Gasteiger partial charge < -0.3 is 0 Å². The minimum atomic E-state index is -0.0690. The van der Waals surface area contributed by atoms with Crippen LogP contribution >= 0.6 is 11.8 Å². The maximum absolute atomic E-state index is 13.8. The number of aryl methyl sites for hydroxylation is 1. The Morgan fingerprint density at radius 2 is 1.82 bits per heavy atom. The Morgan fingerprint density at radius 3 is 2.71 bits per heavy atom. The van der Waals surface area contributed by atoms with Gasteiger partial charge in [-0.25, -0.2) is 4.39 Å². The Bertz CT molecular complexity index is 524. The summed E-state index contributed by atoms with van der Waals surface area (Å²) in [4.78, 5) is 1.32. The first-order chi connectivity index (χ1) is 8.25. The van der Waals surface area contributed by atoms with E-state index in [0.717, 1.165) is 23.3 Å². The molecule has 0 nitrogen and oxygen atoms in total. The average Bonchev–Trinajstić information content (AvgIpc) is 2.50. The van der Waals surface area contributed by atoms with Gasteiger partial charge in [-0.05, 0) is 36.1 Å². The number of halogens is 1. The second kappa shape index (κ2) is 4.19. The Morgan fingerprint density at radius 1 is 1.06 bits per heavy atom. The lowest BCUT2D eigenvalue weighted by Crippen LogP contribution is -1.95. The summed E-state index contributed by atoms with van der Waals surface area (Å²) < 4.78 is 13.8. The molecule has 1 aliphatic rings. The van der Waals surface area contributed by atoms with E-state index in [1.807, 2.05) is 6.07 Å². The molecule has 0 atom stereocenters. The van der Waals surface area contributed by atoms with Gasteiger partial charge in [0.2, 0.25) is 0 Å². The summed E-state index contributed by atoms with van der Waals surface area (Å²) in [7, 11) is 0. The van der Waals surface area contributed by atoms with Gasteiger partial charge in [0, 0.05) is 16.2 Å². The first kappa shape index (κ1) is 10.8. The van der Waals surface area contributed by atoms with Gasteiger partial charge in [-0.1, -0.05) is 30.3 Å². The standard InChI is InChI=1S/C15H13FS/c1-10-4-2-6-12-8-11-5-3-7-14(16)13(11)9-17-15(10)12/h2-7H,8-9H2,1H3. The van der Waals surface area contributed by atoms with Crippen molar-refractivity contribution in [3.8, 4) is 0 Å². The predicted molar refractivity (Wildman–Crippen MR) is 69.9 cm³/mol. The van der Waals surface area contributed by atoms with E-state index in [1.165, 1.54) is 16.0 Å². The van der Waals surface area contributed by atoms with Crippen molar-refractivity contribution in [2.45, 2.75) is 24.0 Å². The van der Waals surface area contributed by atoms with Crippen molar-refractivity contribution in [1.82, 2.24) is 0 Å². The third-order valence-electron chi connectivity index (χ3n) is 3.25. The molecule has 0 amide bonds. The highest BCUT2D eigenvalue weighted by atomic mass is 32.2. The summed E-state index contributed by atoms with van der Waals surface area (Å²) in [5.74, 6) is 0.667. The Hall–Kier alpha value is -1.28. The number of fused-ring (bicyclic) bond motifs is 2. The summed E-state index contributed by atoms with van der Waals surface area (Å²) in [5, 5.41) is 0. The zero-order chi connectivity index (χ0) is 11.8. The van der Waals surface area contributed by atoms with Crippen LogP contribution in [0.25, 0.3) is 0 Å². The van der Waals surface area contributed by atoms with Crippen molar-refractivity contribution in [3.05, 3.63) is 64.5 Å². The van der Waals surface area contributed by atoms with Crippen LogP contribution in [0, 0.1) is 12.7 Å². The zero-order valence-electron chi connectivity index (χ0n) is 9.66. The van der Waals surface area contributed by atoms with Crippen molar-refractivity contribution in [3.63, 3.8) is 0 Å². The van der Waals surface area contributed by atoms with E-state index in [0.29, 0.717) is 0 Å². The third-order valence-corrected chi connectivity index (χ3v) is 4.56. The minimum Gasteiger partial charge on any atom is -0.207 e. The third kappa shape index (κ3) is 1.87. The Labute approximate surface area is 105 Å². The lowest BCUT2D eigenvalue weighted by Gasteiger charge is -2.07. The second-order valence-electron chi connectivity index (χ2n) is 4.41. The van der Waals surface area contributed by atoms with Gasteiger partial charge in [-0.15, -0.1) is 11.8 Å². The SMILES string of the molecule is Cc1cccc2c1SCc1c(F)cccc1C2. The molecule has 0 saturated carbocycles. The molecule has 0 spiro atoms. The van der Waals surface area contributed by atoms with Crippen LogP contribution in [0.3, 0.4) is 0 Å². The molecule has 0 fully saturated rings. The Kier molecular flexibility index (Phi) is 2.67.